The molecule has 0 fully saturated rings. The monoisotopic (exact) mass is 170 g/mol. The van der Waals surface area contributed by atoms with Crippen LogP contribution in [-0.4, -0.2) is 17.0 Å². The molecule has 0 aliphatic carbocycles. The summed E-state index contributed by atoms with van der Waals surface area (Å²) >= 11 is 0. The Kier molecular flexibility index (Phi) is 4.83. The first-order chi connectivity index (χ1) is 5.49. The third kappa shape index (κ3) is 3.67. The highest BCUT2D eigenvalue weighted by atomic mass is 16.3. The summed E-state index contributed by atoms with van der Waals surface area (Å²) in [6, 6.07) is 0. The summed E-state index contributed by atoms with van der Waals surface area (Å²) in [5, 5.41) is 9.51. The first-order valence-corrected chi connectivity index (χ1v) is 4.36. The quantitative estimate of drug-likeness (QED) is 0.654. The Hall–Kier alpha value is -0.630. The second kappa shape index (κ2) is 5.09. The minimum atomic E-state index is -0.487. The maximum absolute atomic E-state index is 10.8. The van der Waals surface area contributed by atoms with E-state index in [0.717, 1.165) is 6.42 Å². The molecule has 2 heteroatoms. The predicted octanol–water partition coefficient (Wildman–Crippen LogP) is 1.93. The molecule has 0 saturated heterocycles. The lowest BCUT2D eigenvalue weighted by Gasteiger charge is -2.13. The van der Waals surface area contributed by atoms with Crippen LogP contribution in [0.3, 0.4) is 0 Å². The van der Waals surface area contributed by atoms with Crippen LogP contribution in [0.2, 0.25) is 0 Å². The van der Waals surface area contributed by atoms with Gasteiger partial charge < -0.3 is 5.11 Å². The number of aliphatic hydroxyl groups excluding tert-OH is 1. The molecule has 0 aliphatic rings. The Bertz CT molecular complexity index is 182. The zero-order chi connectivity index (χ0) is 9.72. The first kappa shape index (κ1) is 11.4. The van der Waals surface area contributed by atoms with E-state index in [1.807, 2.05) is 13.8 Å². The van der Waals surface area contributed by atoms with E-state index in [4.69, 9.17) is 0 Å². The van der Waals surface area contributed by atoms with E-state index < -0.39 is 6.10 Å². The van der Waals surface area contributed by atoms with Gasteiger partial charge >= 0.3 is 0 Å². The normalized spacial score (nSPS) is 17.2. The molecule has 0 aliphatic heterocycles. The lowest BCUT2D eigenvalue weighted by Crippen LogP contribution is -2.15. The van der Waals surface area contributed by atoms with E-state index in [1.54, 1.807) is 13.0 Å². The van der Waals surface area contributed by atoms with Gasteiger partial charge in [0.15, 0.2) is 5.78 Å². The average Bonchev–Trinajstić information content (AvgIpc) is 2.02. The number of carbonyl (C=O) groups excluding carboxylic acids is 1. The smallest absolute Gasteiger partial charge is 0.155 e. The van der Waals surface area contributed by atoms with Crippen molar-refractivity contribution in [1.82, 2.24) is 0 Å². The summed E-state index contributed by atoms with van der Waals surface area (Å²) in [6.45, 7) is 7.22. The standard InChI is InChI=1S/C10H18O2/c1-5-7(2)10(12)6-8(3)9(4)11/h6-7,10,12H,5H2,1-4H3. The van der Waals surface area contributed by atoms with Crippen molar-refractivity contribution in [1.29, 1.82) is 0 Å². The van der Waals surface area contributed by atoms with Crippen molar-refractivity contribution in [2.45, 2.75) is 40.2 Å². The fourth-order valence-corrected chi connectivity index (χ4v) is 0.779. The number of hydrogen-bond acceptors (Lipinski definition) is 2. The van der Waals surface area contributed by atoms with Crippen LogP contribution in [0, 0.1) is 5.92 Å². The first-order valence-electron chi connectivity index (χ1n) is 4.36. The Morgan fingerprint density at radius 3 is 2.33 bits per heavy atom. The molecule has 0 aromatic heterocycles. The van der Waals surface area contributed by atoms with Crippen molar-refractivity contribution >= 4 is 5.78 Å². The molecule has 2 unspecified atom stereocenters. The van der Waals surface area contributed by atoms with E-state index in [9.17, 15) is 9.90 Å². The third-order valence-corrected chi connectivity index (χ3v) is 2.20. The summed E-state index contributed by atoms with van der Waals surface area (Å²) in [5.74, 6) is 0.247. The highest BCUT2D eigenvalue weighted by Gasteiger charge is 2.10. The highest BCUT2D eigenvalue weighted by molar-refractivity contribution is 5.92. The van der Waals surface area contributed by atoms with Gasteiger partial charge in [0.2, 0.25) is 0 Å². The summed E-state index contributed by atoms with van der Waals surface area (Å²) < 4.78 is 0. The van der Waals surface area contributed by atoms with Crippen LogP contribution in [0.4, 0.5) is 0 Å². The van der Waals surface area contributed by atoms with Gasteiger partial charge in [0.1, 0.15) is 0 Å². The van der Waals surface area contributed by atoms with Gasteiger partial charge in [-0.3, -0.25) is 4.79 Å². The van der Waals surface area contributed by atoms with Gasteiger partial charge in [0.05, 0.1) is 6.10 Å². The van der Waals surface area contributed by atoms with Crippen molar-refractivity contribution in [3.05, 3.63) is 11.6 Å². The van der Waals surface area contributed by atoms with Gasteiger partial charge in [-0.25, -0.2) is 0 Å². The summed E-state index contributed by atoms with van der Waals surface area (Å²) in [4.78, 5) is 10.8. The van der Waals surface area contributed by atoms with Crippen LogP contribution in [0.5, 0.6) is 0 Å². The van der Waals surface area contributed by atoms with E-state index >= 15 is 0 Å². The van der Waals surface area contributed by atoms with Crippen molar-refractivity contribution in [3.8, 4) is 0 Å². The molecule has 70 valence electrons. The summed E-state index contributed by atoms with van der Waals surface area (Å²) in [6.07, 6.45) is 2.07. The van der Waals surface area contributed by atoms with Gasteiger partial charge in [0.25, 0.3) is 0 Å². The summed E-state index contributed by atoms with van der Waals surface area (Å²) in [5.41, 5.74) is 0.641. The van der Waals surface area contributed by atoms with Crippen molar-refractivity contribution in [2.75, 3.05) is 0 Å². The van der Waals surface area contributed by atoms with Gasteiger partial charge in [-0.05, 0) is 31.4 Å². The molecule has 0 rings (SSSR count). The Morgan fingerprint density at radius 1 is 1.50 bits per heavy atom. The Balaban J connectivity index is 4.22. The molecule has 2 nitrogen and oxygen atoms in total. The molecule has 0 heterocycles. The number of carbonyl (C=O) groups is 1. The molecule has 0 aromatic rings. The van der Waals surface area contributed by atoms with Crippen molar-refractivity contribution < 1.29 is 9.90 Å². The van der Waals surface area contributed by atoms with Crippen LogP contribution < -0.4 is 0 Å². The number of Topliss-reactive ketones (excluding diaryl/α,β-unsaturated/α-hetero) is 1. The predicted molar refractivity (Wildman–Crippen MR) is 49.9 cm³/mol. The zero-order valence-electron chi connectivity index (χ0n) is 8.29. The molecular formula is C10H18O2. The topological polar surface area (TPSA) is 37.3 Å². The van der Waals surface area contributed by atoms with Gasteiger partial charge in [-0.15, -0.1) is 0 Å². The van der Waals surface area contributed by atoms with Crippen molar-refractivity contribution in [2.24, 2.45) is 5.92 Å². The van der Waals surface area contributed by atoms with E-state index in [-0.39, 0.29) is 11.7 Å². The maximum Gasteiger partial charge on any atom is 0.155 e. The molecule has 0 spiro atoms. The summed E-state index contributed by atoms with van der Waals surface area (Å²) in [7, 11) is 0. The number of aliphatic hydroxyl groups is 1. The van der Waals surface area contributed by atoms with Crippen LogP contribution in [0.15, 0.2) is 11.6 Å². The highest BCUT2D eigenvalue weighted by Crippen LogP contribution is 2.10. The third-order valence-electron chi connectivity index (χ3n) is 2.20. The largest absolute Gasteiger partial charge is 0.389 e. The minimum Gasteiger partial charge on any atom is -0.389 e. The van der Waals surface area contributed by atoms with Gasteiger partial charge in [-0.2, -0.15) is 0 Å². The molecule has 2 atom stereocenters. The number of ketones is 1. The number of rotatable bonds is 4. The lowest BCUT2D eigenvalue weighted by atomic mass is 9.99. The second-order valence-corrected chi connectivity index (χ2v) is 3.28. The van der Waals surface area contributed by atoms with E-state index in [1.165, 1.54) is 6.92 Å². The van der Waals surface area contributed by atoms with Crippen LogP contribution in [-0.2, 0) is 4.79 Å². The second-order valence-electron chi connectivity index (χ2n) is 3.28. The average molecular weight is 170 g/mol. The lowest BCUT2D eigenvalue weighted by molar-refractivity contribution is -0.113. The molecular weight excluding hydrogens is 152 g/mol. The van der Waals surface area contributed by atoms with Gasteiger partial charge in [0, 0.05) is 0 Å². The number of hydrogen-bond donors (Lipinski definition) is 1. The zero-order valence-corrected chi connectivity index (χ0v) is 8.29. The van der Waals surface area contributed by atoms with Crippen molar-refractivity contribution in [3.63, 3.8) is 0 Å². The Morgan fingerprint density at radius 2 is 2.00 bits per heavy atom. The van der Waals surface area contributed by atoms with Crippen LogP contribution >= 0.6 is 0 Å². The molecule has 0 amide bonds. The molecule has 0 radical (unpaired) electrons. The fraction of sp³-hybridized carbons (Fsp3) is 0.700. The fourth-order valence-electron chi connectivity index (χ4n) is 0.779. The SMILES string of the molecule is CCC(C)C(O)C=C(C)C(C)=O. The molecule has 12 heavy (non-hydrogen) atoms. The minimum absolute atomic E-state index is 0.0253. The molecule has 1 N–H and O–H groups in total. The van der Waals surface area contributed by atoms with Crippen LogP contribution in [0.25, 0.3) is 0 Å². The molecule has 0 aromatic carbocycles. The maximum atomic E-state index is 10.8. The van der Waals surface area contributed by atoms with E-state index in [2.05, 4.69) is 0 Å². The molecule has 0 bridgehead atoms. The molecule has 0 saturated carbocycles. The van der Waals surface area contributed by atoms with Crippen LogP contribution in [0.1, 0.15) is 34.1 Å². The van der Waals surface area contributed by atoms with Gasteiger partial charge in [-0.1, -0.05) is 20.3 Å². The Labute approximate surface area is 74.3 Å². The number of allylic oxidation sites excluding steroid dienone is 1. The van der Waals surface area contributed by atoms with E-state index in [0.29, 0.717) is 5.57 Å².